The van der Waals surface area contributed by atoms with Crippen LogP contribution in [-0.4, -0.2) is 18.6 Å². The Morgan fingerprint density at radius 2 is 2.19 bits per heavy atom. The van der Waals surface area contributed by atoms with E-state index < -0.39 is 0 Å². The zero-order chi connectivity index (χ0) is 15.4. The van der Waals surface area contributed by atoms with E-state index in [1.165, 1.54) is 4.88 Å². The van der Waals surface area contributed by atoms with Crippen LogP contribution < -0.4 is 10.2 Å². The molecule has 0 saturated carbocycles. The number of nitrogens with one attached hydrogen (secondary N) is 1. The lowest BCUT2D eigenvalue weighted by Gasteiger charge is -2.21. The number of halogens is 1. The molecular weight excluding hydrogens is 285 g/mol. The summed E-state index contributed by atoms with van der Waals surface area (Å²) < 4.78 is 14.3. The van der Waals surface area contributed by atoms with Crippen LogP contribution in [0.25, 0.3) is 0 Å². The summed E-state index contributed by atoms with van der Waals surface area (Å²) in [7, 11) is 1.91. The molecular formula is C16H22FN3S. The lowest BCUT2D eigenvalue weighted by atomic mass is 10.1. The van der Waals surface area contributed by atoms with Crippen molar-refractivity contribution in [2.45, 2.75) is 33.4 Å². The van der Waals surface area contributed by atoms with Crippen LogP contribution in [0.2, 0.25) is 0 Å². The quantitative estimate of drug-likeness (QED) is 0.877. The smallest absolute Gasteiger partial charge is 0.146 e. The van der Waals surface area contributed by atoms with Gasteiger partial charge in [0.15, 0.2) is 0 Å². The van der Waals surface area contributed by atoms with Crippen molar-refractivity contribution in [3.8, 4) is 0 Å². The molecule has 0 spiro atoms. The molecule has 1 aromatic carbocycles. The van der Waals surface area contributed by atoms with Crippen molar-refractivity contribution in [3.63, 3.8) is 0 Å². The van der Waals surface area contributed by atoms with E-state index in [1.54, 1.807) is 17.4 Å². The Labute approximate surface area is 129 Å². The first kappa shape index (κ1) is 15.9. The molecule has 2 aromatic rings. The van der Waals surface area contributed by atoms with Gasteiger partial charge in [-0.3, -0.25) is 0 Å². The molecule has 3 nitrogen and oxygen atoms in total. The van der Waals surface area contributed by atoms with Gasteiger partial charge in [-0.2, -0.15) is 0 Å². The van der Waals surface area contributed by atoms with Gasteiger partial charge in [0, 0.05) is 18.0 Å². The first-order chi connectivity index (χ1) is 10.0. The molecule has 1 unspecified atom stereocenters. The van der Waals surface area contributed by atoms with Crippen LogP contribution in [0.1, 0.15) is 36.0 Å². The van der Waals surface area contributed by atoms with Crippen LogP contribution in [-0.2, 0) is 6.54 Å². The maximum absolute atomic E-state index is 14.3. The van der Waals surface area contributed by atoms with Crippen LogP contribution in [0, 0.1) is 12.7 Å². The van der Waals surface area contributed by atoms with E-state index in [0.29, 0.717) is 12.2 Å². The maximum atomic E-state index is 14.3. The van der Waals surface area contributed by atoms with Crippen LogP contribution in [0.15, 0.2) is 23.7 Å². The zero-order valence-corrected chi connectivity index (χ0v) is 13.8. The molecule has 2 rings (SSSR count). The van der Waals surface area contributed by atoms with Gasteiger partial charge < -0.3 is 10.2 Å². The van der Waals surface area contributed by atoms with Crippen molar-refractivity contribution in [2.24, 2.45) is 0 Å². The van der Waals surface area contributed by atoms with Crippen LogP contribution in [0.4, 0.5) is 10.1 Å². The van der Waals surface area contributed by atoms with Crippen molar-refractivity contribution in [1.82, 2.24) is 10.3 Å². The monoisotopic (exact) mass is 307 g/mol. The molecule has 0 aliphatic carbocycles. The molecule has 0 bridgehead atoms. The van der Waals surface area contributed by atoms with Gasteiger partial charge in [-0.05, 0) is 38.1 Å². The van der Waals surface area contributed by atoms with Gasteiger partial charge in [-0.25, -0.2) is 9.37 Å². The predicted molar refractivity (Wildman–Crippen MR) is 87.4 cm³/mol. The highest BCUT2D eigenvalue weighted by atomic mass is 32.1. The summed E-state index contributed by atoms with van der Waals surface area (Å²) in [4.78, 5) is 7.33. The Bertz CT molecular complexity index is 597. The largest absolute Gasteiger partial charge is 0.367 e. The number of hydrogen-bond donors (Lipinski definition) is 1. The van der Waals surface area contributed by atoms with Gasteiger partial charge in [0.1, 0.15) is 5.82 Å². The van der Waals surface area contributed by atoms with E-state index in [2.05, 4.69) is 10.3 Å². The average Bonchev–Trinajstić information content (AvgIpc) is 2.84. The fourth-order valence-electron chi connectivity index (χ4n) is 2.30. The van der Waals surface area contributed by atoms with Gasteiger partial charge in [0.25, 0.3) is 0 Å². The highest BCUT2D eigenvalue weighted by Gasteiger charge is 2.13. The van der Waals surface area contributed by atoms with E-state index in [-0.39, 0.29) is 11.9 Å². The van der Waals surface area contributed by atoms with Gasteiger partial charge in [-0.1, -0.05) is 13.0 Å². The second-order valence-electron chi connectivity index (χ2n) is 5.21. The number of anilines is 1. The van der Waals surface area contributed by atoms with E-state index in [9.17, 15) is 4.39 Å². The fourth-order valence-corrected chi connectivity index (χ4v) is 3.13. The molecule has 0 saturated heterocycles. The first-order valence-corrected chi connectivity index (χ1v) is 8.03. The number of hydrogen-bond acceptors (Lipinski definition) is 4. The number of benzene rings is 1. The molecule has 0 amide bonds. The Hall–Kier alpha value is -1.46. The summed E-state index contributed by atoms with van der Waals surface area (Å²) in [6, 6.07) is 5.63. The summed E-state index contributed by atoms with van der Waals surface area (Å²) in [6.07, 6.45) is 0. The van der Waals surface area contributed by atoms with Gasteiger partial charge in [0.05, 0.1) is 23.4 Å². The SMILES string of the molecule is CCNC(C)c1ccc(N(C)Cc2scnc2C)c(F)c1. The second kappa shape index (κ2) is 7.00. The van der Waals surface area contributed by atoms with Crippen LogP contribution in [0.3, 0.4) is 0 Å². The molecule has 21 heavy (non-hydrogen) atoms. The molecule has 1 aromatic heterocycles. The Balaban J connectivity index is 2.15. The number of aryl methyl sites for hydroxylation is 1. The standard InChI is InChI=1S/C16H22FN3S/c1-5-18-11(2)13-6-7-15(14(17)8-13)20(4)9-16-12(3)19-10-21-16/h6-8,10-11,18H,5,9H2,1-4H3. The topological polar surface area (TPSA) is 28.2 Å². The number of rotatable bonds is 6. The normalized spacial score (nSPS) is 12.4. The molecule has 0 aliphatic heterocycles. The highest BCUT2D eigenvalue weighted by Crippen LogP contribution is 2.25. The summed E-state index contributed by atoms with van der Waals surface area (Å²) in [5.74, 6) is -0.179. The molecule has 1 N–H and O–H groups in total. The van der Waals surface area contributed by atoms with Crippen molar-refractivity contribution < 1.29 is 4.39 Å². The van der Waals surface area contributed by atoms with Crippen LogP contribution in [0.5, 0.6) is 0 Å². The molecule has 0 radical (unpaired) electrons. The third-order valence-electron chi connectivity index (χ3n) is 3.62. The highest BCUT2D eigenvalue weighted by molar-refractivity contribution is 7.09. The third-order valence-corrected chi connectivity index (χ3v) is 4.54. The van der Waals surface area contributed by atoms with Crippen molar-refractivity contribution in [3.05, 3.63) is 45.7 Å². The maximum Gasteiger partial charge on any atom is 0.146 e. The van der Waals surface area contributed by atoms with E-state index in [1.807, 2.05) is 50.4 Å². The Morgan fingerprint density at radius 1 is 1.43 bits per heavy atom. The summed E-state index contributed by atoms with van der Waals surface area (Å²) in [5, 5.41) is 3.29. The zero-order valence-electron chi connectivity index (χ0n) is 13.0. The minimum atomic E-state index is -0.179. The number of aromatic nitrogens is 1. The predicted octanol–water partition coefficient (Wildman–Crippen LogP) is 3.90. The van der Waals surface area contributed by atoms with E-state index >= 15 is 0 Å². The second-order valence-corrected chi connectivity index (χ2v) is 6.15. The minimum absolute atomic E-state index is 0.160. The Morgan fingerprint density at radius 3 is 2.76 bits per heavy atom. The lowest BCUT2D eigenvalue weighted by Crippen LogP contribution is -2.20. The Kier molecular flexibility index (Phi) is 5.31. The first-order valence-electron chi connectivity index (χ1n) is 7.15. The van der Waals surface area contributed by atoms with Crippen molar-refractivity contribution in [1.29, 1.82) is 0 Å². The minimum Gasteiger partial charge on any atom is -0.367 e. The molecule has 1 heterocycles. The van der Waals surface area contributed by atoms with E-state index in [4.69, 9.17) is 0 Å². The van der Waals surface area contributed by atoms with Gasteiger partial charge in [-0.15, -0.1) is 11.3 Å². The summed E-state index contributed by atoms with van der Waals surface area (Å²) >= 11 is 1.61. The molecule has 114 valence electrons. The van der Waals surface area contributed by atoms with Crippen LogP contribution >= 0.6 is 11.3 Å². The fraction of sp³-hybridized carbons (Fsp3) is 0.438. The molecule has 0 aliphatic rings. The molecule has 1 atom stereocenters. The summed E-state index contributed by atoms with van der Waals surface area (Å²) in [5.41, 5.74) is 4.44. The summed E-state index contributed by atoms with van der Waals surface area (Å²) in [6.45, 7) is 7.62. The van der Waals surface area contributed by atoms with Gasteiger partial charge in [0.2, 0.25) is 0 Å². The van der Waals surface area contributed by atoms with Crippen molar-refractivity contribution >= 4 is 17.0 Å². The molecule has 5 heteroatoms. The average molecular weight is 307 g/mol. The number of thiazole rings is 1. The third kappa shape index (κ3) is 3.80. The lowest BCUT2D eigenvalue weighted by molar-refractivity contribution is 0.581. The van der Waals surface area contributed by atoms with Crippen molar-refractivity contribution in [2.75, 3.05) is 18.5 Å². The van der Waals surface area contributed by atoms with E-state index in [0.717, 1.165) is 17.8 Å². The number of nitrogens with zero attached hydrogens (tertiary/aromatic N) is 2. The molecule has 0 fully saturated rings. The van der Waals surface area contributed by atoms with Gasteiger partial charge >= 0.3 is 0 Å².